The molecule has 0 aromatic rings. The molecule has 0 amide bonds. The summed E-state index contributed by atoms with van der Waals surface area (Å²) in [6.07, 6.45) is 40.0. The van der Waals surface area contributed by atoms with Crippen LogP contribution >= 0.6 is 0 Å². The SMILES string of the molecule is CC1CN(C2CC2)C[N+]1(C)C.CC1CN(C2CCCC2)C[N+]1(C)C.CC1CN(C2CCCCC2)C[N+]1(C)C.CCCC1C[N+](CC)(CC)C2(N(C(C)(C)CC)CC(CCC)[N+]2(CC)CC)N1C(C)(C)CC.CN1CC(C2CC2)[N+](C)(C)C1.CN1CC(C2CCCC2)[N+](C)(C)C1.CN1CC(C2CCCCC2)[N+](C)(C)C1. The number of quaternary nitrogens is 8. The maximum Gasteiger partial charge on any atom is 0.358 e. The average molecular weight is 1540 g/mol. The van der Waals surface area contributed by atoms with E-state index < -0.39 is 0 Å². The van der Waals surface area contributed by atoms with Crippen LogP contribution in [-0.2, 0) is 0 Å². The maximum atomic E-state index is 3.15. The zero-order valence-electron chi connectivity index (χ0n) is 79.3. The third-order valence-corrected chi connectivity index (χ3v) is 33.7. The van der Waals surface area contributed by atoms with Crippen molar-refractivity contribution in [2.24, 2.45) is 17.8 Å². The van der Waals surface area contributed by atoms with E-state index in [0.29, 0.717) is 12.1 Å². The minimum atomic E-state index is 0.00565. The smallest absolute Gasteiger partial charge is 0.313 e. The van der Waals surface area contributed by atoms with Crippen LogP contribution < -0.4 is 0 Å². The van der Waals surface area contributed by atoms with Crippen molar-refractivity contribution in [2.75, 3.05) is 224 Å². The molecule has 0 radical (unpaired) electrons. The first-order valence-corrected chi connectivity index (χ1v) is 47.6. The van der Waals surface area contributed by atoms with Crippen LogP contribution in [0.15, 0.2) is 0 Å². The largest absolute Gasteiger partial charge is 0.358 e. The van der Waals surface area contributed by atoms with E-state index in [1.54, 1.807) is 0 Å². The van der Waals surface area contributed by atoms with Gasteiger partial charge in [0.2, 0.25) is 0 Å². The fourth-order valence-corrected chi connectivity index (χ4v) is 25.4. The maximum absolute atomic E-state index is 3.15. The Morgan fingerprint density at radius 1 is 0.339 bits per heavy atom. The number of likely N-dealkylation sites (N-methyl/N-ethyl adjacent to an activating group) is 11. The van der Waals surface area contributed by atoms with Crippen LogP contribution in [0.2, 0.25) is 0 Å². The predicted molar refractivity (Wildman–Crippen MR) is 468 cm³/mol. The third kappa shape index (κ3) is 21.7. The summed E-state index contributed by atoms with van der Waals surface area (Å²) in [6, 6.07) is 9.35. The monoisotopic (exact) mass is 1540 g/mol. The summed E-state index contributed by atoms with van der Waals surface area (Å²) in [7, 11) is 35.2. The first kappa shape index (κ1) is 93.9. The highest BCUT2D eigenvalue weighted by molar-refractivity contribution is 5.05. The molecule has 9 unspecified atom stereocenters. The number of nitrogens with zero attached hydrogens (tertiary/aromatic N) is 16. The van der Waals surface area contributed by atoms with E-state index in [9.17, 15) is 0 Å². The molecular formula is C93H196N16+8. The molecule has 8 saturated heterocycles. The lowest BCUT2D eigenvalue weighted by atomic mass is 9.83. The van der Waals surface area contributed by atoms with Gasteiger partial charge in [0, 0.05) is 53.4 Å². The van der Waals surface area contributed by atoms with E-state index in [2.05, 4.69) is 249 Å². The van der Waals surface area contributed by atoms with Gasteiger partial charge in [0.1, 0.15) is 70.7 Å². The number of hydrogen-bond donors (Lipinski definition) is 0. The first-order valence-electron chi connectivity index (χ1n) is 47.6. The van der Waals surface area contributed by atoms with Crippen molar-refractivity contribution in [3.05, 3.63) is 0 Å². The van der Waals surface area contributed by atoms with Gasteiger partial charge in [-0.25, -0.2) is 23.7 Å². The summed E-state index contributed by atoms with van der Waals surface area (Å²) in [4.78, 5) is 21.8. The van der Waals surface area contributed by atoms with Crippen molar-refractivity contribution in [3.63, 3.8) is 0 Å². The Morgan fingerprint density at radius 3 is 0.936 bits per heavy atom. The Balaban J connectivity index is 0.000000168. The van der Waals surface area contributed by atoms with Crippen LogP contribution in [0.1, 0.15) is 284 Å². The lowest BCUT2D eigenvalue weighted by molar-refractivity contribution is -1.18. The van der Waals surface area contributed by atoms with Crippen molar-refractivity contribution in [3.8, 4) is 0 Å². The Bertz CT molecular complexity index is 2650. The summed E-state index contributed by atoms with van der Waals surface area (Å²) in [5, 5.41) is 0. The second-order valence-corrected chi connectivity index (χ2v) is 44.9. The van der Waals surface area contributed by atoms with Crippen molar-refractivity contribution < 1.29 is 35.9 Å². The van der Waals surface area contributed by atoms with Gasteiger partial charge in [-0.05, 0) is 194 Å². The molecule has 1 spiro atoms. The molecule has 16 nitrogen and oxygen atoms in total. The quantitative estimate of drug-likeness (QED) is 0.125. The Labute approximate surface area is 680 Å². The van der Waals surface area contributed by atoms with Gasteiger partial charge in [-0.3, -0.25) is 14.7 Å². The second-order valence-electron chi connectivity index (χ2n) is 44.9. The second kappa shape index (κ2) is 38.6. The van der Waals surface area contributed by atoms with Gasteiger partial charge in [0.25, 0.3) is 0 Å². The standard InChI is InChI=1S/C29H62N4.2C12H25N2.2C11H23N2.2C9H19N2/c1-13-21-25-24-32(17-5,18-6)29(31(25)28(11,12)16-4)30(27(9,10)15-3)23-26(22-14-2)33(29,19-7)20-8;1-13-9-12(14(2,3)10-13)11-7-5-4-6-8-11;1-11-9-13(10-14(11,2)3)12-7-5-4-6-8-12;1-12-8-11(13(2,3)9-12)10-6-4-5-7-10;1-10-8-12(9-13(10,2)3)11-6-4-5-7-11;1-10-6-9(8-4-5-8)11(2,3)7-10;1-8-6-10(9-4-5-9)7-11(8,2)3/h25-26H,13-24H2,1-12H3;2*11-12H,4-10H2,1-3H3;2*10-11H,4-9H2,1-3H3;2*8-9H,4-7H2,1-3H3/q+2;6*+1. The van der Waals surface area contributed by atoms with E-state index in [1.807, 2.05) is 0 Å². The molecule has 16 heteroatoms. The number of rotatable bonds is 18. The summed E-state index contributed by atoms with van der Waals surface area (Å²) in [5.41, 5.74) is 0.342. The molecule has 0 aromatic heterocycles. The molecule has 14 rings (SSSR count). The van der Waals surface area contributed by atoms with E-state index in [-0.39, 0.29) is 17.0 Å². The van der Waals surface area contributed by atoms with Crippen molar-refractivity contribution in [1.29, 1.82) is 0 Å². The molecule has 9 atom stereocenters. The highest BCUT2D eigenvalue weighted by Gasteiger charge is 2.83. The first-order chi connectivity index (χ1) is 51.0. The molecule has 8 aliphatic heterocycles. The van der Waals surface area contributed by atoms with Gasteiger partial charge in [-0.1, -0.05) is 105 Å². The van der Waals surface area contributed by atoms with Crippen LogP contribution in [-0.4, -0.2) is 383 Å². The summed E-state index contributed by atoms with van der Waals surface area (Å²) < 4.78 is 9.72. The molecule has 0 aromatic carbocycles. The fraction of sp³-hybridized carbons (Fsp3) is 1.00. The summed E-state index contributed by atoms with van der Waals surface area (Å²) in [6.45, 7) is 59.9. The van der Waals surface area contributed by atoms with E-state index in [4.69, 9.17) is 0 Å². The molecule has 109 heavy (non-hydrogen) atoms. The van der Waals surface area contributed by atoms with Crippen LogP contribution in [0, 0.1) is 17.8 Å². The average Bonchev–Trinajstić information content (AvgIpc) is 1.48. The highest BCUT2D eigenvalue weighted by atomic mass is 15.9. The summed E-state index contributed by atoms with van der Waals surface area (Å²) in [5.74, 6) is 3.07. The summed E-state index contributed by atoms with van der Waals surface area (Å²) >= 11 is 0. The zero-order valence-corrected chi connectivity index (χ0v) is 79.3. The van der Waals surface area contributed by atoms with E-state index in [0.717, 1.165) is 72.1 Å². The highest BCUT2D eigenvalue weighted by Crippen LogP contribution is 2.59. The lowest BCUT2D eigenvalue weighted by Gasteiger charge is -2.63. The van der Waals surface area contributed by atoms with E-state index in [1.165, 1.54) is 334 Å². The molecule has 14 aliphatic rings. The molecule has 14 fully saturated rings. The molecule has 6 aliphatic carbocycles. The predicted octanol–water partition coefficient (Wildman–Crippen LogP) is 15.5. The van der Waals surface area contributed by atoms with Gasteiger partial charge in [0.15, 0.2) is 0 Å². The van der Waals surface area contributed by atoms with Crippen molar-refractivity contribution in [2.45, 2.75) is 367 Å². The van der Waals surface area contributed by atoms with Gasteiger partial charge < -0.3 is 26.9 Å². The minimum absolute atomic E-state index is 0.00565. The van der Waals surface area contributed by atoms with Gasteiger partial charge >= 0.3 is 5.91 Å². The van der Waals surface area contributed by atoms with Crippen LogP contribution in [0.25, 0.3) is 0 Å². The Morgan fingerprint density at radius 2 is 0.661 bits per heavy atom. The van der Waals surface area contributed by atoms with Gasteiger partial charge in [-0.2, -0.15) is 9.80 Å². The van der Waals surface area contributed by atoms with Crippen molar-refractivity contribution in [1.82, 2.24) is 39.2 Å². The molecular weight excluding hydrogens is 1340 g/mol. The third-order valence-electron chi connectivity index (χ3n) is 33.7. The van der Waals surface area contributed by atoms with Crippen LogP contribution in [0.4, 0.5) is 0 Å². The van der Waals surface area contributed by atoms with Gasteiger partial charge in [0.05, 0.1) is 181 Å². The molecule has 640 valence electrons. The molecule has 0 bridgehead atoms. The molecule has 6 saturated carbocycles. The lowest BCUT2D eigenvalue weighted by Crippen LogP contribution is -2.87. The Kier molecular flexibility index (Phi) is 33.2. The van der Waals surface area contributed by atoms with Crippen LogP contribution in [0.5, 0.6) is 0 Å². The number of hydrogen-bond acceptors (Lipinski definition) is 8. The van der Waals surface area contributed by atoms with Crippen LogP contribution in [0.3, 0.4) is 0 Å². The van der Waals surface area contributed by atoms with E-state index >= 15 is 0 Å². The zero-order chi connectivity index (χ0) is 80.7. The Hall–Kier alpha value is -0.640. The normalized spacial score (nSPS) is 34.4. The molecule has 0 N–H and O–H groups in total. The van der Waals surface area contributed by atoms with Gasteiger partial charge in [-0.15, -0.1) is 0 Å². The topological polar surface area (TPSA) is 25.9 Å². The molecule has 8 heterocycles. The fourth-order valence-electron chi connectivity index (χ4n) is 25.4. The van der Waals surface area contributed by atoms with Crippen molar-refractivity contribution >= 4 is 0 Å². The minimum Gasteiger partial charge on any atom is -0.313 e.